The maximum absolute atomic E-state index is 12.8. The molecular formula is C26H30N2O7. The SMILES string of the molecule is O=C1CCC(N2Cc3c(OCCOCCOCCOCc4ccccc4)cccc3C2=O)C(=O)N1. The number of fused-ring (bicyclic) bond motifs is 1. The van der Waals surface area contributed by atoms with Crippen LogP contribution in [0.15, 0.2) is 48.5 Å². The van der Waals surface area contributed by atoms with Crippen LogP contribution in [0.5, 0.6) is 5.75 Å². The van der Waals surface area contributed by atoms with E-state index in [0.29, 0.717) is 64.0 Å². The van der Waals surface area contributed by atoms with E-state index in [2.05, 4.69) is 5.32 Å². The zero-order chi connectivity index (χ0) is 24.5. The van der Waals surface area contributed by atoms with Gasteiger partial charge in [0.25, 0.3) is 5.91 Å². The molecule has 2 aliphatic rings. The quantitative estimate of drug-likeness (QED) is 0.344. The van der Waals surface area contributed by atoms with Gasteiger partial charge >= 0.3 is 0 Å². The molecule has 9 heteroatoms. The molecule has 0 aromatic heterocycles. The standard InChI is InChI=1S/C26H30N2O7/c29-24-10-9-22(25(30)27-24)28-17-21-20(26(28)31)7-4-8-23(21)35-16-15-33-12-11-32-13-14-34-18-19-5-2-1-3-6-19/h1-8,22H,9-18H2,(H,27,29,30). The number of carbonyl (C=O) groups is 3. The highest BCUT2D eigenvalue weighted by molar-refractivity contribution is 6.05. The third kappa shape index (κ3) is 6.66. The number of imide groups is 1. The first-order valence-corrected chi connectivity index (χ1v) is 11.8. The molecular weight excluding hydrogens is 452 g/mol. The minimum atomic E-state index is -0.646. The summed E-state index contributed by atoms with van der Waals surface area (Å²) in [6.07, 6.45) is 0.553. The van der Waals surface area contributed by atoms with Crippen molar-refractivity contribution < 1.29 is 33.3 Å². The molecule has 3 amide bonds. The van der Waals surface area contributed by atoms with Crippen LogP contribution in [-0.2, 0) is 37.0 Å². The van der Waals surface area contributed by atoms with Gasteiger partial charge in [0.1, 0.15) is 18.4 Å². The van der Waals surface area contributed by atoms with Gasteiger partial charge < -0.3 is 23.8 Å². The van der Waals surface area contributed by atoms with E-state index in [-0.39, 0.29) is 24.8 Å². The molecule has 0 spiro atoms. The van der Waals surface area contributed by atoms with Crippen LogP contribution in [0.4, 0.5) is 0 Å². The Bertz CT molecular complexity index is 1030. The van der Waals surface area contributed by atoms with Gasteiger partial charge in [0, 0.05) is 17.5 Å². The van der Waals surface area contributed by atoms with Crippen LogP contribution < -0.4 is 10.1 Å². The van der Waals surface area contributed by atoms with Crippen molar-refractivity contribution in [2.24, 2.45) is 0 Å². The van der Waals surface area contributed by atoms with E-state index in [1.165, 1.54) is 4.90 Å². The number of ether oxygens (including phenoxy) is 4. The van der Waals surface area contributed by atoms with E-state index < -0.39 is 11.9 Å². The predicted molar refractivity (Wildman–Crippen MR) is 126 cm³/mol. The minimum absolute atomic E-state index is 0.221. The number of nitrogens with zero attached hydrogens (tertiary/aromatic N) is 1. The number of rotatable bonds is 13. The zero-order valence-corrected chi connectivity index (χ0v) is 19.6. The molecule has 1 fully saturated rings. The number of nitrogens with one attached hydrogen (secondary N) is 1. The molecule has 1 unspecified atom stereocenters. The van der Waals surface area contributed by atoms with Gasteiger partial charge in [-0.15, -0.1) is 0 Å². The van der Waals surface area contributed by atoms with Crippen molar-refractivity contribution in [3.63, 3.8) is 0 Å². The predicted octanol–water partition coefficient (Wildman–Crippen LogP) is 2.08. The van der Waals surface area contributed by atoms with Crippen molar-refractivity contribution in [3.05, 3.63) is 65.2 Å². The highest BCUT2D eigenvalue weighted by Gasteiger charge is 2.40. The fourth-order valence-electron chi connectivity index (χ4n) is 4.11. The number of carbonyl (C=O) groups excluding carboxylic acids is 3. The summed E-state index contributed by atoms with van der Waals surface area (Å²) < 4.78 is 22.5. The molecule has 4 rings (SSSR count). The molecule has 2 heterocycles. The second-order valence-corrected chi connectivity index (χ2v) is 8.29. The summed E-state index contributed by atoms with van der Waals surface area (Å²) in [5, 5.41) is 2.31. The molecule has 2 aliphatic heterocycles. The van der Waals surface area contributed by atoms with Gasteiger partial charge in [-0.3, -0.25) is 19.7 Å². The smallest absolute Gasteiger partial charge is 0.255 e. The van der Waals surface area contributed by atoms with E-state index in [4.69, 9.17) is 18.9 Å². The maximum atomic E-state index is 12.8. The summed E-state index contributed by atoms with van der Waals surface area (Å²) >= 11 is 0. The first-order chi connectivity index (χ1) is 17.1. The van der Waals surface area contributed by atoms with E-state index >= 15 is 0 Å². The lowest BCUT2D eigenvalue weighted by molar-refractivity contribution is -0.136. The summed E-state index contributed by atoms with van der Waals surface area (Å²) in [5.41, 5.74) is 2.41. The third-order valence-corrected chi connectivity index (χ3v) is 5.88. The van der Waals surface area contributed by atoms with Crippen molar-refractivity contribution in [1.29, 1.82) is 0 Å². The Labute approximate surface area is 204 Å². The molecule has 0 aliphatic carbocycles. The largest absolute Gasteiger partial charge is 0.491 e. The van der Waals surface area contributed by atoms with Crippen LogP contribution in [0.25, 0.3) is 0 Å². The van der Waals surface area contributed by atoms with Crippen LogP contribution in [0, 0.1) is 0 Å². The first-order valence-electron chi connectivity index (χ1n) is 11.8. The van der Waals surface area contributed by atoms with Crippen molar-refractivity contribution in [2.45, 2.75) is 32.0 Å². The lowest BCUT2D eigenvalue weighted by atomic mass is 10.0. The molecule has 186 valence electrons. The molecule has 2 aromatic rings. The van der Waals surface area contributed by atoms with Gasteiger partial charge in [-0.1, -0.05) is 36.4 Å². The summed E-state index contributed by atoms with van der Waals surface area (Å²) in [6.45, 7) is 3.47. The minimum Gasteiger partial charge on any atom is -0.491 e. The molecule has 9 nitrogen and oxygen atoms in total. The molecule has 1 saturated heterocycles. The number of benzene rings is 2. The number of hydrogen-bond donors (Lipinski definition) is 1. The fraction of sp³-hybridized carbons (Fsp3) is 0.423. The van der Waals surface area contributed by atoms with Crippen molar-refractivity contribution in [2.75, 3.05) is 39.6 Å². The molecule has 2 aromatic carbocycles. The Hall–Kier alpha value is -3.27. The topological polar surface area (TPSA) is 103 Å². The Morgan fingerprint density at radius 2 is 1.54 bits per heavy atom. The highest BCUT2D eigenvalue weighted by Crippen LogP contribution is 2.33. The second kappa shape index (κ2) is 12.4. The number of amides is 3. The Kier molecular flexibility index (Phi) is 8.83. The highest BCUT2D eigenvalue weighted by atomic mass is 16.6. The molecule has 35 heavy (non-hydrogen) atoms. The summed E-state index contributed by atoms with van der Waals surface area (Å²) in [6, 6.07) is 14.6. The average Bonchev–Trinajstić information content (AvgIpc) is 3.20. The normalized spacial score (nSPS) is 17.4. The Balaban J connectivity index is 1.11. The van der Waals surface area contributed by atoms with Crippen LogP contribution >= 0.6 is 0 Å². The number of hydrogen-bond acceptors (Lipinski definition) is 7. The fourth-order valence-corrected chi connectivity index (χ4v) is 4.11. The van der Waals surface area contributed by atoms with Crippen molar-refractivity contribution in [1.82, 2.24) is 10.2 Å². The van der Waals surface area contributed by atoms with Gasteiger partial charge in [0.2, 0.25) is 11.8 Å². The Morgan fingerprint density at radius 1 is 0.829 bits per heavy atom. The monoisotopic (exact) mass is 482 g/mol. The molecule has 0 bridgehead atoms. The summed E-state index contributed by atoms with van der Waals surface area (Å²) in [5.74, 6) is -0.355. The molecule has 1 atom stereocenters. The summed E-state index contributed by atoms with van der Waals surface area (Å²) in [7, 11) is 0. The van der Waals surface area contributed by atoms with Crippen LogP contribution in [-0.4, -0.2) is 68.3 Å². The van der Waals surface area contributed by atoms with E-state index in [0.717, 1.165) is 11.1 Å². The van der Waals surface area contributed by atoms with Gasteiger partial charge in [0.15, 0.2) is 0 Å². The molecule has 0 saturated carbocycles. The lowest BCUT2D eigenvalue weighted by Crippen LogP contribution is -2.52. The van der Waals surface area contributed by atoms with E-state index in [1.54, 1.807) is 18.2 Å². The van der Waals surface area contributed by atoms with Gasteiger partial charge in [-0.05, 0) is 24.1 Å². The van der Waals surface area contributed by atoms with Crippen molar-refractivity contribution in [3.8, 4) is 5.75 Å². The Morgan fingerprint density at radius 3 is 2.29 bits per heavy atom. The van der Waals surface area contributed by atoms with Gasteiger partial charge in [0.05, 0.1) is 46.2 Å². The van der Waals surface area contributed by atoms with Crippen molar-refractivity contribution >= 4 is 17.7 Å². The third-order valence-electron chi connectivity index (χ3n) is 5.88. The van der Waals surface area contributed by atoms with Crippen LogP contribution in [0.2, 0.25) is 0 Å². The maximum Gasteiger partial charge on any atom is 0.255 e. The van der Waals surface area contributed by atoms with Crippen LogP contribution in [0.1, 0.15) is 34.3 Å². The average molecular weight is 483 g/mol. The molecule has 1 N–H and O–H groups in total. The summed E-state index contributed by atoms with van der Waals surface area (Å²) in [4.78, 5) is 38.0. The van der Waals surface area contributed by atoms with E-state index in [1.807, 2.05) is 30.3 Å². The second-order valence-electron chi connectivity index (χ2n) is 8.29. The van der Waals surface area contributed by atoms with Gasteiger partial charge in [-0.25, -0.2) is 0 Å². The zero-order valence-electron chi connectivity index (χ0n) is 19.6. The number of piperidine rings is 1. The lowest BCUT2D eigenvalue weighted by Gasteiger charge is -2.29. The van der Waals surface area contributed by atoms with Gasteiger partial charge in [-0.2, -0.15) is 0 Å². The van der Waals surface area contributed by atoms with Crippen LogP contribution in [0.3, 0.4) is 0 Å². The van der Waals surface area contributed by atoms with E-state index in [9.17, 15) is 14.4 Å². The molecule has 0 radical (unpaired) electrons. The first kappa shape index (κ1) is 24.8.